The van der Waals surface area contributed by atoms with Crippen LogP contribution >= 0.6 is 0 Å². The quantitative estimate of drug-likeness (QED) is 0.317. The van der Waals surface area contributed by atoms with Crippen LogP contribution in [0.2, 0.25) is 0 Å². The number of amides is 1. The molecule has 2 aromatic rings. The first kappa shape index (κ1) is 24.3. The fourth-order valence-corrected chi connectivity index (χ4v) is 3.90. The van der Waals surface area contributed by atoms with E-state index in [1.807, 2.05) is 48.5 Å². The molecule has 0 aromatic heterocycles. The Kier molecular flexibility index (Phi) is 7.07. The Hall–Kier alpha value is -3.39. The summed E-state index contributed by atoms with van der Waals surface area (Å²) >= 11 is 0. The summed E-state index contributed by atoms with van der Waals surface area (Å²) in [5.74, 6) is -2.68. The highest BCUT2D eigenvalue weighted by Gasteiger charge is 2.44. The molecule has 176 valence electrons. The fourth-order valence-electron chi connectivity index (χ4n) is 3.90. The maximum atomic E-state index is 12.8. The van der Waals surface area contributed by atoms with Crippen LogP contribution in [0, 0.1) is 0 Å². The Morgan fingerprint density at radius 1 is 1.00 bits per heavy atom. The van der Waals surface area contributed by atoms with Crippen molar-refractivity contribution in [3.63, 3.8) is 0 Å². The van der Waals surface area contributed by atoms with Gasteiger partial charge in [-0.1, -0.05) is 48.5 Å². The molecule has 33 heavy (non-hydrogen) atoms. The van der Waals surface area contributed by atoms with Gasteiger partial charge in [0.2, 0.25) is 5.54 Å². The fraction of sp³-hybridized carbons (Fsp3) is 0.400. The number of carboxylic acids is 1. The van der Waals surface area contributed by atoms with E-state index in [1.165, 1.54) is 0 Å². The van der Waals surface area contributed by atoms with E-state index >= 15 is 0 Å². The minimum atomic E-state index is -2.22. The third kappa shape index (κ3) is 5.51. The van der Waals surface area contributed by atoms with E-state index in [2.05, 4.69) is 5.32 Å². The van der Waals surface area contributed by atoms with Crippen molar-refractivity contribution in [1.82, 2.24) is 5.32 Å². The number of nitrogens with one attached hydrogen (secondary N) is 1. The molecule has 1 amide bonds. The lowest BCUT2D eigenvalue weighted by molar-refractivity contribution is -0.161. The van der Waals surface area contributed by atoms with Gasteiger partial charge in [-0.05, 0) is 55.9 Å². The second-order valence-corrected chi connectivity index (χ2v) is 9.13. The summed E-state index contributed by atoms with van der Waals surface area (Å²) in [6.07, 6.45) is -0.664. The topological polar surface area (TPSA) is 128 Å². The minimum absolute atomic E-state index is 0.0186. The van der Waals surface area contributed by atoms with Crippen LogP contribution < -0.4 is 11.1 Å². The molecule has 0 saturated heterocycles. The lowest BCUT2D eigenvalue weighted by atomic mass is 9.94. The number of ether oxygens (including phenoxy) is 2. The first-order valence-corrected chi connectivity index (χ1v) is 10.9. The minimum Gasteiger partial charge on any atom is -0.479 e. The van der Waals surface area contributed by atoms with Crippen molar-refractivity contribution >= 4 is 18.0 Å². The van der Waals surface area contributed by atoms with Crippen molar-refractivity contribution < 1.29 is 29.0 Å². The number of carboxylic acid groups (broad SMARTS) is 1. The van der Waals surface area contributed by atoms with Gasteiger partial charge < -0.3 is 25.6 Å². The van der Waals surface area contributed by atoms with Gasteiger partial charge in [0.25, 0.3) is 0 Å². The first-order chi connectivity index (χ1) is 15.5. The monoisotopic (exact) mass is 454 g/mol. The summed E-state index contributed by atoms with van der Waals surface area (Å²) in [6.45, 7) is 5.30. The van der Waals surface area contributed by atoms with E-state index in [-0.39, 0.29) is 31.9 Å². The van der Waals surface area contributed by atoms with E-state index in [9.17, 15) is 19.5 Å². The smallest absolute Gasteiger partial charge is 0.407 e. The highest BCUT2D eigenvalue weighted by atomic mass is 16.6. The summed E-state index contributed by atoms with van der Waals surface area (Å²) < 4.78 is 10.6. The predicted molar refractivity (Wildman–Crippen MR) is 123 cm³/mol. The van der Waals surface area contributed by atoms with Gasteiger partial charge >= 0.3 is 18.0 Å². The number of hydrogen-bond acceptors (Lipinski definition) is 6. The number of rotatable bonds is 8. The lowest BCUT2D eigenvalue weighted by Gasteiger charge is -2.24. The van der Waals surface area contributed by atoms with Gasteiger partial charge in [0.15, 0.2) is 0 Å². The van der Waals surface area contributed by atoms with Crippen LogP contribution in [-0.4, -0.2) is 47.4 Å². The van der Waals surface area contributed by atoms with Gasteiger partial charge in [-0.2, -0.15) is 0 Å². The average molecular weight is 455 g/mol. The van der Waals surface area contributed by atoms with E-state index in [0.717, 1.165) is 22.3 Å². The van der Waals surface area contributed by atoms with Crippen LogP contribution in [-0.2, 0) is 19.1 Å². The van der Waals surface area contributed by atoms with Crippen molar-refractivity contribution in [3.05, 3.63) is 59.7 Å². The Morgan fingerprint density at radius 3 is 2.06 bits per heavy atom. The molecular formula is C25H30N2O6. The molecule has 1 aliphatic carbocycles. The molecule has 0 fully saturated rings. The van der Waals surface area contributed by atoms with Gasteiger partial charge in [-0.25, -0.2) is 14.4 Å². The largest absolute Gasteiger partial charge is 0.479 e. The predicted octanol–water partition coefficient (Wildman–Crippen LogP) is 3.43. The number of alkyl carbamates (subject to hydrolysis) is 1. The summed E-state index contributed by atoms with van der Waals surface area (Å²) in [5, 5.41) is 12.2. The van der Waals surface area contributed by atoms with Crippen molar-refractivity contribution in [2.45, 2.75) is 50.7 Å². The van der Waals surface area contributed by atoms with Gasteiger partial charge in [-0.3, -0.25) is 0 Å². The van der Waals surface area contributed by atoms with Crippen molar-refractivity contribution in [1.29, 1.82) is 0 Å². The van der Waals surface area contributed by atoms with E-state index in [0.29, 0.717) is 0 Å². The molecule has 8 nitrogen and oxygen atoms in total. The molecule has 3 rings (SSSR count). The van der Waals surface area contributed by atoms with Crippen LogP contribution in [0.4, 0.5) is 4.79 Å². The van der Waals surface area contributed by atoms with Crippen LogP contribution in [0.25, 0.3) is 11.1 Å². The Bertz CT molecular complexity index is 1000. The molecule has 2 aromatic carbocycles. The second kappa shape index (κ2) is 9.62. The second-order valence-electron chi connectivity index (χ2n) is 9.13. The van der Waals surface area contributed by atoms with E-state index in [1.54, 1.807) is 20.8 Å². The van der Waals surface area contributed by atoms with Gasteiger partial charge in [0, 0.05) is 12.5 Å². The number of carbonyl (C=O) groups is 3. The first-order valence-electron chi connectivity index (χ1n) is 10.9. The average Bonchev–Trinajstić information content (AvgIpc) is 3.07. The molecule has 0 aliphatic heterocycles. The van der Waals surface area contributed by atoms with Gasteiger partial charge in [0.1, 0.15) is 12.2 Å². The van der Waals surface area contributed by atoms with Gasteiger partial charge in [-0.15, -0.1) is 0 Å². The molecule has 1 unspecified atom stereocenters. The standard InChI is InChI=1S/C25H30N2O6/c1-24(2,3)33-23(31)27-14-8-13-25(26,21(28)29)22(30)32-15-20-18-11-6-4-9-16(18)17-10-5-7-12-19(17)20/h4-7,9-12,20H,8,13-15,26H2,1-3H3,(H,27,31)(H,28,29). The van der Waals surface area contributed by atoms with Crippen molar-refractivity contribution in [3.8, 4) is 11.1 Å². The van der Waals surface area contributed by atoms with E-state index < -0.39 is 29.2 Å². The Morgan fingerprint density at radius 2 is 1.55 bits per heavy atom. The molecule has 0 bridgehead atoms. The number of aliphatic carboxylic acids is 1. The highest BCUT2D eigenvalue weighted by Crippen LogP contribution is 2.44. The van der Waals surface area contributed by atoms with Crippen molar-refractivity contribution in [2.75, 3.05) is 13.2 Å². The molecule has 4 N–H and O–H groups in total. The van der Waals surface area contributed by atoms with Crippen LogP contribution in [0.3, 0.4) is 0 Å². The van der Waals surface area contributed by atoms with Crippen molar-refractivity contribution in [2.24, 2.45) is 5.73 Å². The van der Waals surface area contributed by atoms with E-state index in [4.69, 9.17) is 15.2 Å². The van der Waals surface area contributed by atoms with Crippen LogP contribution in [0.5, 0.6) is 0 Å². The summed E-state index contributed by atoms with van der Waals surface area (Å²) in [4.78, 5) is 36.3. The third-order valence-corrected chi connectivity index (χ3v) is 5.51. The maximum absolute atomic E-state index is 12.8. The zero-order valence-electron chi connectivity index (χ0n) is 19.1. The zero-order valence-corrected chi connectivity index (χ0v) is 19.1. The number of fused-ring (bicyclic) bond motifs is 3. The third-order valence-electron chi connectivity index (χ3n) is 5.51. The number of hydrogen-bond donors (Lipinski definition) is 3. The molecule has 8 heteroatoms. The molecular weight excluding hydrogens is 424 g/mol. The number of benzene rings is 2. The van der Waals surface area contributed by atoms with Crippen LogP contribution in [0.15, 0.2) is 48.5 Å². The molecule has 0 spiro atoms. The van der Waals surface area contributed by atoms with Gasteiger partial charge in [0.05, 0.1) is 0 Å². The molecule has 1 atom stereocenters. The number of nitrogens with two attached hydrogens (primary N) is 1. The summed E-state index contributed by atoms with van der Waals surface area (Å²) in [7, 11) is 0. The summed E-state index contributed by atoms with van der Waals surface area (Å²) in [5.41, 5.74) is 7.27. The molecule has 1 aliphatic rings. The number of esters is 1. The number of carbonyl (C=O) groups excluding carboxylic acids is 2. The normalized spacial score (nSPS) is 14.5. The zero-order chi connectivity index (χ0) is 24.2. The molecule has 0 heterocycles. The summed E-state index contributed by atoms with van der Waals surface area (Å²) in [6, 6.07) is 15.7. The van der Waals surface area contributed by atoms with Crippen LogP contribution in [0.1, 0.15) is 50.7 Å². The SMILES string of the molecule is CC(C)(C)OC(=O)NCCCC(N)(C(=O)O)C(=O)OCC1c2ccccc2-c2ccccc21. The lowest BCUT2D eigenvalue weighted by Crippen LogP contribution is -2.56. The Balaban J connectivity index is 1.62. The highest BCUT2D eigenvalue weighted by molar-refractivity contribution is 6.03. The Labute approximate surface area is 193 Å². The molecule has 0 saturated carbocycles. The maximum Gasteiger partial charge on any atom is 0.407 e. The molecule has 0 radical (unpaired) electrons.